The van der Waals surface area contributed by atoms with Crippen molar-refractivity contribution in [2.75, 3.05) is 37.8 Å². The molecule has 11 nitrogen and oxygen atoms in total. The van der Waals surface area contributed by atoms with Crippen molar-refractivity contribution in [2.24, 2.45) is 20.5 Å². The average Bonchev–Trinajstić information content (AvgIpc) is 3.70. The minimum absolute atomic E-state index is 0.114. The van der Waals surface area contributed by atoms with Gasteiger partial charge in [0.05, 0.1) is 35.8 Å². The van der Waals surface area contributed by atoms with Crippen molar-refractivity contribution in [3.8, 4) is 5.75 Å². The first kappa shape index (κ1) is 37.6. The zero-order chi connectivity index (χ0) is 34.7. The van der Waals surface area contributed by atoms with Crippen LogP contribution < -0.4 is 9.64 Å². The van der Waals surface area contributed by atoms with Crippen molar-refractivity contribution in [1.29, 1.82) is 0 Å². The first-order valence-electron chi connectivity index (χ1n) is 17.1. The molecule has 0 atom stereocenters. The number of esters is 2. The average molecular weight is 707 g/mol. The van der Waals surface area contributed by atoms with E-state index in [4.69, 9.17) is 14.2 Å². The van der Waals surface area contributed by atoms with Gasteiger partial charge in [0.15, 0.2) is 0 Å². The van der Waals surface area contributed by atoms with Crippen LogP contribution in [-0.4, -0.2) is 49.8 Å². The van der Waals surface area contributed by atoms with Gasteiger partial charge < -0.3 is 19.1 Å². The Kier molecular flexibility index (Phi) is 16.1. The molecule has 4 rings (SSSR count). The molecule has 0 radical (unpaired) electrons. The number of rotatable bonds is 22. The van der Waals surface area contributed by atoms with Crippen molar-refractivity contribution >= 4 is 71.3 Å². The number of unbranched alkanes of at least 4 members (excludes halogenated alkanes) is 6. The minimum atomic E-state index is -0.186. The van der Waals surface area contributed by atoms with E-state index in [9.17, 15) is 9.59 Å². The van der Waals surface area contributed by atoms with Crippen LogP contribution in [0.1, 0.15) is 78.6 Å². The third kappa shape index (κ3) is 13.3. The van der Waals surface area contributed by atoms with Gasteiger partial charge in [0, 0.05) is 25.1 Å². The van der Waals surface area contributed by atoms with Crippen molar-refractivity contribution in [3.63, 3.8) is 0 Å². The number of anilines is 1. The van der Waals surface area contributed by atoms with Gasteiger partial charge in [-0.2, -0.15) is 0 Å². The largest absolute Gasteiger partial charge is 0.494 e. The molecule has 0 aliphatic heterocycles. The second-order valence-corrected chi connectivity index (χ2v) is 13.2. The number of azo groups is 2. The summed E-state index contributed by atoms with van der Waals surface area (Å²) in [7, 11) is 0. The highest BCUT2D eigenvalue weighted by Gasteiger charge is 2.09. The van der Waals surface area contributed by atoms with Gasteiger partial charge in [0.2, 0.25) is 5.13 Å². The maximum atomic E-state index is 11.4. The lowest BCUT2D eigenvalue weighted by molar-refractivity contribution is -0.144. The maximum absolute atomic E-state index is 11.4. The van der Waals surface area contributed by atoms with E-state index in [0.29, 0.717) is 44.3 Å². The van der Waals surface area contributed by atoms with Gasteiger partial charge in [0.25, 0.3) is 0 Å². The third-order valence-corrected chi connectivity index (χ3v) is 9.46. The summed E-state index contributed by atoms with van der Waals surface area (Å²) in [5.41, 5.74) is 2.52. The van der Waals surface area contributed by atoms with Crippen molar-refractivity contribution in [1.82, 2.24) is 4.98 Å². The number of hydrogen-bond acceptors (Lipinski definition) is 13. The highest BCUT2D eigenvalue weighted by atomic mass is 32.1. The summed E-state index contributed by atoms with van der Waals surface area (Å²) in [6.45, 7) is 8.70. The fraction of sp³-hybridized carbons (Fsp3) is 0.472. The number of thiazole rings is 1. The van der Waals surface area contributed by atoms with Crippen LogP contribution in [0, 0.1) is 0 Å². The summed E-state index contributed by atoms with van der Waals surface area (Å²) in [5, 5.41) is 18.8. The van der Waals surface area contributed by atoms with Crippen molar-refractivity contribution in [2.45, 2.75) is 78.6 Å². The summed E-state index contributed by atoms with van der Waals surface area (Å²) in [6.07, 6.45) is 8.60. The van der Waals surface area contributed by atoms with Crippen LogP contribution in [-0.2, 0) is 19.1 Å². The second kappa shape index (κ2) is 21.0. The molecule has 0 N–H and O–H groups in total. The van der Waals surface area contributed by atoms with Gasteiger partial charge in [-0.15, -0.1) is 20.5 Å². The SMILES string of the molecule is CCC(=O)OCCCCCCCCCOc1ccc(N=Nc2cc3sc(N=Nc4ccc(N(CC)CCOC(=O)CC)cc4)nc3s2)cc1. The van der Waals surface area contributed by atoms with E-state index in [1.54, 1.807) is 6.92 Å². The van der Waals surface area contributed by atoms with Crippen LogP contribution in [0.3, 0.4) is 0 Å². The molecule has 2 aromatic carbocycles. The zero-order valence-electron chi connectivity index (χ0n) is 28.6. The number of fused-ring (bicyclic) bond motifs is 1. The Morgan fingerprint density at radius 3 is 1.92 bits per heavy atom. The standard InChI is InChI=1S/C36H46N6O5S2/c1-4-33(43)46-24-13-11-9-7-8-10-12-23-45-30-20-16-28(17-21-30)38-40-32-26-31-35(49-32)37-36(48-31)41-39-27-14-18-29(19-15-27)42(6-3)22-25-47-34(44)5-2/h14-21,26H,4-13,22-25H2,1-3H3. The smallest absolute Gasteiger partial charge is 0.305 e. The molecular formula is C36H46N6O5S2. The van der Waals surface area contributed by atoms with Crippen molar-refractivity contribution in [3.05, 3.63) is 54.6 Å². The minimum Gasteiger partial charge on any atom is -0.494 e. The summed E-state index contributed by atoms with van der Waals surface area (Å²) in [6, 6.07) is 17.4. The molecule has 0 bridgehead atoms. The fourth-order valence-corrected chi connectivity index (χ4v) is 6.61. The molecule has 262 valence electrons. The number of thiophene rings is 1. The Morgan fingerprint density at radius 1 is 0.694 bits per heavy atom. The fourth-order valence-electron chi connectivity index (χ4n) is 4.76. The van der Waals surface area contributed by atoms with Crippen LogP contribution in [0.4, 0.5) is 27.2 Å². The van der Waals surface area contributed by atoms with Gasteiger partial charge in [-0.25, -0.2) is 4.98 Å². The Bertz CT molecular complexity index is 1600. The van der Waals surface area contributed by atoms with Gasteiger partial charge in [-0.05, 0) is 74.4 Å². The lowest BCUT2D eigenvalue weighted by Crippen LogP contribution is -2.27. The van der Waals surface area contributed by atoms with E-state index in [1.807, 2.05) is 61.5 Å². The maximum Gasteiger partial charge on any atom is 0.305 e. The van der Waals surface area contributed by atoms with E-state index in [-0.39, 0.29) is 11.9 Å². The quantitative estimate of drug-likeness (QED) is 0.0452. The normalized spacial score (nSPS) is 11.5. The predicted octanol–water partition coefficient (Wildman–Crippen LogP) is 11.0. The molecule has 0 aliphatic rings. The van der Waals surface area contributed by atoms with Crippen LogP contribution in [0.25, 0.3) is 9.53 Å². The zero-order valence-corrected chi connectivity index (χ0v) is 30.3. The molecule has 0 fully saturated rings. The number of hydrogen-bond donors (Lipinski definition) is 0. The number of benzene rings is 2. The lowest BCUT2D eigenvalue weighted by atomic mass is 10.1. The van der Waals surface area contributed by atoms with E-state index in [0.717, 1.165) is 69.6 Å². The highest BCUT2D eigenvalue weighted by Crippen LogP contribution is 2.39. The Balaban J connectivity index is 1.15. The predicted molar refractivity (Wildman–Crippen MR) is 197 cm³/mol. The molecule has 49 heavy (non-hydrogen) atoms. The molecule has 4 aromatic rings. The molecule has 0 spiro atoms. The Labute approximate surface area is 296 Å². The summed E-state index contributed by atoms with van der Waals surface area (Å²) < 4.78 is 17.2. The second-order valence-electron chi connectivity index (χ2n) is 11.2. The first-order valence-corrected chi connectivity index (χ1v) is 18.7. The van der Waals surface area contributed by atoms with Gasteiger partial charge >= 0.3 is 11.9 Å². The van der Waals surface area contributed by atoms with Crippen LogP contribution >= 0.6 is 22.7 Å². The lowest BCUT2D eigenvalue weighted by Gasteiger charge is -2.22. The summed E-state index contributed by atoms with van der Waals surface area (Å²) in [5.74, 6) is 0.528. The van der Waals surface area contributed by atoms with Crippen molar-refractivity contribution < 1.29 is 23.8 Å². The van der Waals surface area contributed by atoms with E-state index >= 15 is 0 Å². The number of ether oxygens (including phenoxy) is 3. The molecule has 2 aromatic heterocycles. The number of aromatic nitrogens is 1. The van der Waals surface area contributed by atoms with Crippen LogP contribution in [0.5, 0.6) is 5.75 Å². The number of likely N-dealkylation sites (N-methyl/N-ethyl adjacent to an activating group) is 1. The monoisotopic (exact) mass is 706 g/mol. The number of carbonyl (C=O) groups excluding carboxylic acids is 2. The molecular weight excluding hydrogens is 661 g/mol. The molecule has 0 amide bonds. The van der Waals surface area contributed by atoms with E-state index in [2.05, 4.69) is 37.3 Å². The van der Waals surface area contributed by atoms with Gasteiger partial charge in [-0.3, -0.25) is 9.59 Å². The highest BCUT2D eigenvalue weighted by molar-refractivity contribution is 7.30. The van der Waals surface area contributed by atoms with Gasteiger partial charge in [0.1, 0.15) is 22.2 Å². The van der Waals surface area contributed by atoms with Crippen LogP contribution in [0.2, 0.25) is 0 Å². The molecule has 0 aliphatic carbocycles. The molecule has 0 unspecified atom stereocenters. The number of carbonyl (C=O) groups is 2. The van der Waals surface area contributed by atoms with E-state index in [1.165, 1.54) is 41.9 Å². The summed E-state index contributed by atoms with van der Waals surface area (Å²) in [4.78, 5) is 30.1. The summed E-state index contributed by atoms with van der Waals surface area (Å²) >= 11 is 2.92. The van der Waals surface area contributed by atoms with Crippen LogP contribution in [0.15, 0.2) is 75.1 Å². The molecule has 13 heteroatoms. The Hall–Kier alpha value is -4.23. The third-order valence-electron chi connectivity index (χ3n) is 7.54. The molecule has 2 heterocycles. The first-order chi connectivity index (χ1) is 24.0. The topological polar surface area (TPSA) is 127 Å². The molecule has 0 saturated heterocycles. The van der Waals surface area contributed by atoms with E-state index < -0.39 is 0 Å². The van der Waals surface area contributed by atoms with Gasteiger partial charge in [-0.1, -0.05) is 68.6 Å². The molecule has 0 saturated carbocycles. The Morgan fingerprint density at radius 2 is 1.29 bits per heavy atom. The number of nitrogens with zero attached hydrogens (tertiary/aromatic N) is 6.